The Kier molecular flexibility index (Phi) is 4.40. The average Bonchev–Trinajstić information content (AvgIpc) is 2.35. The molecule has 0 heterocycles. The summed E-state index contributed by atoms with van der Waals surface area (Å²) >= 11 is -0.253. The Balaban J connectivity index is 1.51. The van der Waals surface area contributed by atoms with Crippen LogP contribution in [0.4, 0.5) is 13.2 Å². The van der Waals surface area contributed by atoms with Crippen LogP contribution >= 0.6 is 11.9 Å². The van der Waals surface area contributed by atoms with Gasteiger partial charge in [0, 0.05) is 29.9 Å². The highest BCUT2D eigenvalue weighted by atomic mass is 32.2. The highest BCUT2D eigenvalue weighted by Crippen LogP contribution is 2.60. The van der Waals surface area contributed by atoms with Crippen molar-refractivity contribution in [2.45, 2.75) is 57.0 Å². The molecule has 4 saturated carbocycles. The van der Waals surface area contributed by atoms with E-state index in [-0.39, 0.29) is 35.9 Å². The summed E-state index contributed by atoms with van der Waals surface area (Å²) in [4.78, 5) is 12.7. The lowest BCUT2D eigenvalue weighted by atomic mass is 9.49. The normalized spacial score (nSPS) is 38.1. The summed E-state index contributed by atoms with van der Waals surface area (Å²) in [7, 11) is 0. The third kappa shape index (κ3) is 3.55. The first-order chi connectivity index (χ1) is 10.3. The summed E-state index contributed by atoms with van der Waals surface area (Å²) in [5.41, 5.74) is -4.52. The van der Waals surface area contributed by atoms with Crippen LogP contribution in [-0.2, 0) is 4.79 Å². The Morgan fingerprint density at radius 3 is 2.14 bits per heavy atom. The molecule has 3 nitrogen and oxygen atoms in total. The number of rotatable bonds is 5. The monoisotopic (exact) mass is 336 g/mol. The molecule has 0 aromatic carbocycles. The molecule has 22 heavy (non-hydrogen) atoms. The van der Waals surface area contributed by atoms with E-state index in [1.165, 1.54) is 19.3 Å². The summed E-state index contributed by atoms with van der Waals surface area (Å²) in [5.74, 6) is 2.13. The molecule has 4 aliphatic rings. The van der Waals surface area contributed by atoms with Gasteiger partial charge in [0.05, 0.1) is 0 Å². The van der Waals surface area contributed by atoms with Gasteiger partial charge in [-0.05, 0) is 63.2 Å². The highest BCUT2D eigenvalue weighted by molar-refractivity contribution is 7.98. The largest absolute Gasteiger partial charge is 0.456 e. The van der Waals surface area contributed by atoms with Gasteiger partial charge in [0.25, 0.3) is 0 Å². The van der Waals surface area contributed by atoms with Crippen LogP contribution in [0.15, 0.2) is 0 Å². The Morgan fingerprint density at radius 2 is 1.68 bits per heavy atom. The number of hydrogen-bond donors (Lipinski definition) is 2. The van der Waals surface area contributed by atoms with E-state index in [0.29, 0.717) is 17.8 Å². The molecule has 0 spiro atoms. The highest BCUT2D eigenvalue weighted by Gasteiger charge is 2.54. The molecule has 1 atom stereocenters. The summed E-state index contributed by atoms with van der Waals surface area (Å²) in [5, 5.41) is 2.94. The number of halogens is 3. The van der Waals surface area contributed by atoms with Crippen molar-refractivity contribution in [2.24, 2.45) is 23.2 Å². The lowest BCUT2D eigenvalue weighted by molar-refractivity contribution is -0.146. The predicted octanol–water partition coefficient (Wildman–Crippen LogP) is 3.47. The fourth-order valence-corrected chi connectivity index (χ4v) is 5.56. The van der Waals surface area contributed by atoms with E-state index < -0.39 is 5.51 Å². The molecule has 0 aromatic heterocycles. The Labute approximate surface area is 133 Å². The number of carbonyl (C=O) groups is 1. The lowest BCUT2D eigenvalue weighted by Gasteiger charge is -2.55. The predicted molar refractivity (Wildman–Crippen MR) is 79.9 cm³/mol. The maximum absolute atomic E-state index is 12.7. The molecule has 0 saturated heterocycles. The van der Waals surface area contributed by atoms with Crippen molar-refractivity contribution in [3.63, 3.8) is 0 Å². The maximum atomic E-state index is 12.7. The quantitative estimate of drug-likeness (QED) is 0.756. The molecule has 1 amide bonds. The van der Waals surface area contributed by atoms with Crippen LogP contribution in [-0.4, -0.2) is 24.0 Å². The Morgan fingerprint density at radius 1 is 1.18 bits per heavy atom. The van der Waals surface area contributed by atoms with Crippen molar-refractivity contribution in [1.29, 1.82) is 0 Å². The van der Waals surface area contributed by atoms with Crippen LogP contribution in [0, 0.1) is 23.2 Å². The van der Waals surface area contributed by atoms with E-state index in [9.17, 15) is 18.0 Å². The van der Waals surface area contributed by atoms with Crippen LogP contribution in [0.5, 0.6) is 0 Å². The first kappa shape index (κ1) is 16.4. The molecule has 0 radical (unpaired) electrons. The molecule has 1 unspecified atom stereocenters. The second kappa shape index (κ2) is 5.89. The first-order valence-electron chi connectivity index (χ1n) is 8.04. The molecule has 4 bridgehead atoms. The fourth-order valence-electron chi connectivity index (χ4n) is 5.07. The van der Waals surface area contributed by atoms with Crippen LogP contribution < -0.4 is 10.0 Å². The van der Waals surface area contributed by atoms with E-state index in [1.54, 1.807) is 6.92 Å². The topological polar surface area (TPSA) is 41.1 Å². The van der Waals surface area contributed by atoms with Crippen molar-refractivity contribution < 1.29 is 18.0 Å². The fraction of sp³-hybridized carbons (Fsp3) is 0.933. The third-order valence-corrected chi connectivity index (χ3v) is 6.02. The van der Waals surface area contributed by atoms with Crippen molar-refractivity contribution in [3.8, 4) is 0 Å². The minimum Gasteiger partial charge on any atom is -0.352 e. The smallest absolute Gasteiger partial charge is 0.352 e. The molecule has 4 fully saturated rings. The van der Waals surface area contributed by atoms with Gasteiger partial charge < -0.3 is 5.32 Å². The van der Waals surface area contributed by atoms with E-state index in [1.807, 2.05) is 0 Å². The number of nitrogens with one attached hydrogen (secondary N) is 2. The number of carbonyl (C=O) groups excluding carboxylic acids is 1. The van der Waals surface area contributed by atoms with Gasteiger partial charge in [0.1, 0.15) is 0 Å². The van der Waals surface area contributed by atoms with Crippen molar-refractivity contribution in [2.75, 3.05) is 6.54 Å². The first-order valence-corrected chi connectivity index (χ1v) is 8.86. The second-order valence-corrected chi connectivity index (χ2v) is 8.42. The van der Waals surface area contributed by atoms with E-state index in [0.717, 1.165) is 19.3 Å². The molecule has 4 aliphatic carbocycles. The zero-order valence-electron chi connectivity index (χ0n) is 12.7. The molecule has 4 rings (SSSR count). The minimum absolute atomic E-state index is 0.0675. The Bertz CT molecular complexity index is 406. The van der Waals surface area contributed by atoms with Crippen molar-refractivity contribution in [3.05, 3.63) is 0 Å². The van der Waals surface area contributed by atoms with Crippen molar-refractivity contribution >= 4 is 17.9 Å². The van der Waals surface area contributed by atoms with Crippen molar-refractivity contribution in [1.82, 2.24) is 10.0 Å². The van der Waals surface area contributed by atoms with Gasteiger partial charge >= 0.3 is 5.51 Å². The van der Waals surface area contributed by atoms with Gasteiger partial charge in [0.15, 0.2) is 0 Å². The van der Waals surface area contributed by atoms with Crippen LogP contribution in [0.2, 0.25) is 0 Å². The SMILES string of the molecule is CC(CNSC(F)(F)F)NC(=O)C12CC3CC(CC(C3)C1)C2. The van der Waals surface area contributed by atoms with E-state index >= 15 is 0 Å². The second-order valence-electron chi connectivity index (χ2n) is 7.47. The van der Waals surface area contributed by atoms with Gasteiger partial charge in [-0.3, -0.25) is 9.52 Å². The van der Waals surface area contributed by atoms with Crippen LogP contribution in [0.1, 0.15) is 45.4 Å². The summed E-state index contributed by atoms with van der Waals surface area (Å²) < 4.78 is 38.5. The third-order valence-electron chi connectivity index (χ3n) is 5.47. The maximum Gasteiger partial charge on any atom is 0.456 e. The van der Waals surface area contributed by atoms with Gasteiger partial charge in [-0.1, -0.05) is 0 Å². The Hall–Kier alpha value is -0.430. The van der Waals surface area contributed by atoms with E-state index in [2.05, 4.69) is 10.0 Å². The number of amides is 1. The summed E-state index contributed by atoms with van der Waals surface area (Å²) in [6.45, 7) is 1.87. The molecule has 0 aromatic rings. The summed E-state index contributed by atoms with van der Waals surface area (Å²) in [6, 6.07) is -0.296. The minimum atomic E-state index is -4.29. The molecular weight excluding hydrogens is 313 g/mol. The van der Waals surface area contributed by atoms with Crippen LogP contribution in [0.3, 0.4) is 0 Å². The molecular formula is C15H23F3N2OS. The zero-order chi connectivity index (χ0) is 16.0. The average molecular weight is 336 g/mol. The van der Waals surface area contributed by atoms with Gasteiger partial charge in [-0.25, -0.2) is 0 Å². The summed E-state index contributed by atoms with van der Waals surface area (Å²) in [6.07, 6.45) is 6.73. The lowest BCUT2D eigenvalue weighted by Crippen LogP contribution is -2.55. The number of hydrogen-bond acceptors (Lipinski definition) is 3. The zero-order valence-corrected chi connectivity index (χ0v) is 13.5. The van der Waals surface area contributed by atoms with Gasteiger partial charge in [-0.2, -0.15) is 13.2 Å². The number of alkyl halides is 3. The standard InChI is InChI=1S/C15H23F3N2OS/c1-9(8-19-22-15(16,17)18)20-13(21)14-5-10-2-11(6-14)4-12(3-10)7-14/h9-12,19H,2-8H2,1H3,(H,20,21). The van der Waals surface area contributed by atoms with Gasteiger partial charge in [-0.15, -0.1) is 0 Å². The molecule has 2 N–H and O–H groups in total. The molecule has 7 heteroatoms. The molecule has 126 valence electrons. The van der Waals surface area contributed by atoms with E-state index in [4.69, 9.17) is 0 Å². The molecule has 0 aliphatic heterocycles. The van der Waals surface area contributed by atoms with Gasteiger partial charge in [0.2, 0.25) is 5.91 Å². The van der Waals surface area contributed by atoms with Crippen LogP contribution in [0.25, 0.3) is 0 Å².